The molecule has 0 aliphatic rings. The third kappa shape index (κ3) is 1.89. The fourth-order valence-corrected chi connectivity index (χ4v) is 1.61. The van der Waals surface area contributed by atoms with Crippen LogP contribution < -0.4 is 0 Å². The molecule has 13 heavy (non-hydrogen) atoms. The number of rotatable bonds is 1. The second kappa shape index (κ2) is 3.89. The van der Waals surface area contributed by atoms with Crippen molar-refractivity contribution in [3.05, 3.63) is 33.0 Å². The molecular weight excluding hydrogens is 233 g/mol. The van der Waals surface area contributed by atoms with Crippen LogP contribution in [0.15, 0.2) is 10.5 Å². The maximum absolute atomic E-state index is 13.2. The second-order valence-corrected chi connectivity index (χ2v) is 3.71. The number of hydrogen-bond acceptors (Lipinski definition) is 1. The zero-order valence-corrected chi connectivity index (χ0v) is 9.07. The Morgan fingerprint density at radius 1 is 1.46 bits per heavy atom. The Labute approximate surface area is 85.3 Å². The minimum absolute atomic E-state index is 0.252. The summed E-state index contributed by atoms with van der Waals surface area (Å²) in [5.41, 5.74) is 2.29. The van der Waals surface area contributed by atoms with Gasteiger partial charge in [-0.3, -0.25) is 0 Å². The number of nitriles is 1. The molecule has 0 N–H and O–H groups in total. The molecule has 0 bridgehead atoms. The minimum atomic E-state index is -0.261. The minimum Gasteiger partial charge on any atom is -0.207 e. The number of benzene rings is 1. The summed E-state index contributed by atoms with van der Waals surface area (Å²) < 4.78 is 14.0. The molecule has 1 aromatic carbocycles. The van der Waals surface area contributed by atoms with Crippen LogP contribution in [-0.4, -0.2) is 0 Å². The van der Waals surface area contributed by atoms with Gasteiger partial charge in [0.15, 0.2) is 0 Å². The van der Waals surface area contributed by atoms with E-state index in [0.29, 0.717) is 5.56 Å². The number of hydrogen-bond donors (Lipinski definition) is 0. The normalized spacial score (nSPS) is 9.77. The predicted octanol–water partition coefficient (Wildman–Crippen LogP) is 3.27. The van der Waals surface area contributed by atoms with Crippen molar-refractivity contribution in [1.29, 1.82) is 5.26 Å². The summed E-state index contributed by atoms with van der Waals surface area (Å²) >= 11 is 3.30. The SMILES string of the molecule is Cc1c(F)cc(CC#N)c(C)c1Br. The quantitative estimate of drug-likeness (QED) is 0.741. The molecule has 1 nitrogen and oxygen atoms in total. The Bertz CT molecular complexity index is 379. The molecule has 0 amide bonds. The first kappa shape index (κ1) is 10.2. The first-order valence-corrected chi connectivity index (χ1v) is 4.68. The maximum atomic E-state index is 13.2. The van der Waals surface area contributed by atoms with Gasteiger partial charge in [0.2, 0.25) is 0 Å². The van der Waals surface area contributed by atoms with Crippen molar-refractivity contribution in [3.8, 4) is 6.07 Å². The van der Waals surface area contributed by atoms with Gasteiger partial charge in [-0.1, -0.05) is 15.9 Å². The molecule has 3 heteroatoms. The smallest absolute Gasteiger partial charge is 0.127 e. The van der Waals surface area contributed by atoms with Gasteiger partial charge in [0.1, 0.15) is 5.82 Å². The second-order valence-electron chi connectivity index (χ2n) is 2.92. The summed E-state index contributed by atoms with van der Waals surface area (Å²) in [5, 5.41) is 8.51. The van der Waals surface area contributed by atoms with Gasteiger partial charge in [-0.2, -0.15) is 5.26 Å². The van der Waals surface area contributed by atoms with E-state index in [-0.39, 0.29) is 12.2 Å². The Balaban J connectivity index is 3.34. The number of halogens is 2. The van der Waals surface area contributed by atoms with Crippen LogP contribution in [0.2, 0.25) is 0 Å². The Kier molecular flexibility index (Phi) is 3.05. The van der Waals surface area contributed by atoms with Crippen molar-refractivity contribution in [2.75, 3.05) is 0 Å². The van der Waals surface area contributed by atoms with E-state index in [1.54, 1.807) is 6.92 Å². The van der Waals surface area contributed by atoms with Gasteiger partial charge in [0.05, 0.1) is 12.5 Å². The van der Waals surface area contributed by atoms with E-state index in [1.807, 2.05) is 13.0 Å². The Morgan fingerprint density at radius 3 is 2.62 bits per heavy atom. The third-order valence-electron chi connectivity index (χ3n) is 2.07. The molecule has 0 aromatic heterocycles. The molecule has 0 heterocycles. The largest absolute Gasteiger partial charge is 0.207 e. The van der Waals surface area contributed by atoms with E-state index < -0.39 is 0 Å². The molecule has 0 spiro atoms. The van der Waals surface area contributed by atoms with E-state index in [1.165, 1.54) is 6.07 Å². The molecule has 0 saturated heterocycles. The fourth-order valence-electron chi connectivity index (χ4n) is 1.17. The van der Waals surface area contributed by atoms with Gasteiger partial charge in [0.25, 0.3) is 0 Å². The predicted molar refractivity (Wildman–Crippen MR) is 52.9 cm³/mol. The van der Waals surface area contributed by atoms with E-state index in [9.17, 15) is 4.39 Å². The Morgan fingerprint density at radius 2 is 2.08 bits per heavy atom. The molecule has 68 valence electrons. The lowest BCUT2D eigenvalue weighted by Crippen LogP contribution is -1.95. The zero-order valence-electron chi connectivity index (χ0n) is 7.49. The molecular formula is C10H9BrFN. The summed E-state index contributed by atoms with van der Waals surface area (Å²) in [4.78, 5) is 0. The van der Waals surface area contributed by atoms with Gasteiger partial charge in [0, 0.05) is 4.47 Å². The zero-order chi connectivity index (χ0) is 10.0. The highest BCUT2D eigenvalue weighted by Crippen LogP contribution is 2.26. The monoisotopic (exact) mass is 241 g/mol. The van der Waals surface area contributed by atoms with E-state index in [2.05, 4.69) is 15.9 Å². The topological polar surface area (TPSA) is 23.8 Å². The molecule has 0 fully saturated rings. The van der Waals surface area contributed by atoms with Gasteiger partial charge >= 0.3 is 0 Å². The third-order valence-corrected chi connectivity index (χ3v) is 3.26. The van der Waals surface area contributed by atoms with E-state index >= 15 is 0 Å². The van der Waals surface area contributed by atoms with Crippen molar-refractivity contribution in [2.45, 2.75) is 20.3 Å². The van der Waals surface area contributed by atoms with Crippen molar-refractivity contribution < 1.29 is 4.39 Å². The highest BCUT2D eigenvalue weighted by atomic mass is 79.9. The molecule has 1 rings (SSSR count). The van der Waals surface area contributed by atoms with Crippen LogP contribution in [-0.2, 0) is 6.42 Å². The summed E-state index contributed by atoms with van der Waals surface area (Å²) in [6, 6.07) is 3.44. The van der Waals surface area contributed by atoms with Crippen molar-refractivity contribution >= 4 is 15.9 Å². The highest BCUT2D eigenvalue weighted by Gasteiger charge is 2.09. The van der Waals surface area contributed by atoms with Crippen molar-refractivity contribution in [1.82, 2.24) is 0 Å². The molecule has 0 radical (unpaired) electrons. The first-order chi connectivity index (χ1) is 6.07. The van der Waals surface area contributed by atoms with E-state index in [0.717, 1.165) is 15.6 Å². The lowest BCUT2D eigenvalue weighted by atomic mass is 10.0. The summed E-state index contributed by atoms with van der Waals surface area (Å²) in [6.07, 6.45) is 0.252. The molecule has 0 atom stereocenters. The van der Waals surface area contributed by atoms with E-state index in [4.69, 9.17) is 5.26 Å². The van der Waals surface area contributed by atoms with Gasteiger partial charge in [-0.15, -0.1) is 0 Å². The lowest BCUT2D eigenvalue weighted by Gasteiger charge is -2.08. The molecule has 0 unspecified atom stereocenters. The average molecular weight is 242 g/mol. The van der Waals surface area contributed by atoms with Crippen molar-refractivity contribution in [3.63, 3.8) is 0 Å². The first-order valence-electron chi connectivity index (χ1n) is 3.89. The summed E-state index contributed by atoms with van der Waals surface area (Å²) in [7, 11) is 0. The van der Waals surface area contributed by atoms with Crippen LogP contribution in [0.25, 0.3) is 0 Å². The van der Waals surface area contributed by atoms with Gasteiger partial charge in [-0.25, -0.2) is 4.39 Å². The fraction of sp³-hybridized carbons (Fsp3) is 0.300. The molecule has 0 saturated carbocycles. The van der Waals surface area contributed by atoms with Crippen LogP contribution in [0.1, 0.15) is 16.7 Å². The molecule has 0 aliphatic carbocycles. The molecule has 0 aliphatic heterocycles. The standard InChI is InChI=1S/C10H9BrFN/c1-6-8(3-4-13)5-9(12)7(2)10(6)11/h5H,3H2,1-2H3. The van der Waals surface area contributed by atoms with Crippen LogP contribution in [0.4, 0.5) is 4.39 Å². The van der Waals surface area contributed by atoms with Crippen LogP contribution >= 0.6 is 15.9 Å². The van der Waals surface area contributed by atoms with Crippen LogP contribution in [0.3, 0.4) is 0 Å². The van der Waals surface area contributed by atoms with Crippen LogP contribution in [0, 0.1) is 31.0 Å². The average Bonchev–Trinajstić information content (AvgIpc) is 2.11. The van der Waals surface area contributed by atoms with Crippen LogP contribution in [0.5, 0.6) is 0 Å². The van der Waals surface area contributed by atoms with Gasteiger partial charge in [-0.05, 0) is 36.6 Å². The Hall–Kier alpha value is -0.880. The van der Waals surface area contributed by atoms with Crippen molar-refractivity contribution in [2.24, 2.45) is 0 Å². The summed E-state index contributed by atoms with van der Waals surface area (Å²) in [6.45, 7) is 3.59. The lowest BCUT2D eigenvalue weighted by molar-refractivity contribution is 0.615. The summed E-state index contributed by atoms with van der Waals surface area (Å²) in [5.74, 6) is -0.261. The molecule has 1 aromatic rings. The van der Waals surface area contributed by atoms with Gasteiger partial charge < -0.3 is 0 Å². The maximum Gasteiger partial charge on any atom is 0.127 e. The highest BCUT2D eigenvalue weighted by molar-refractivity contribution is 9.10. The number of nitrogens with zero attached hydrogens (tertiary/aromatic N) is 1.